The van der Waals surface area contributed by atoms with Crippen molar-refractivity contribution in [3.05, 3.63) is 83.0 Å². The third kappa shape index (κ3) is 4.02. The molecule has 0 bridgehead atoms. The Balaban J connectivity index is 1.37. The second-order valence-electron chi connectivity index (χ2n) is 6.54. The minimum atomic E-state index is -0.137. The van der Waals surface area contributed by atoms with Gasteiger partial charge in [0.2, 0.25) is 0 Å². The first-order chi connectivity index (χ1) is 13.7. The van der Waals surface area contributed by atoms with Crippen LogP contribution in [-0.2, 0) is 6.42 Å². The highest BCUT2D eigenvalue weighted by atomic mass is 32.1. The Kier molecular flexibility index (Phi) is 5.30. The maximum absolute atomic E-state index is 12.6. The molecular formula is C22H20N4OS. The van der Waals surface area contributed by atoms with Gasteiger partial charge in [-0.15, -0.1) is 11.3 Å². The number of nitrogens with zero attached hydrogens (tertiary/aromatic N) is 2. The Bertz CT molecular complexity index is 1070. The second-order valence-corrected chi connectivity index (χ2v) is 7.40. The zero-order valence-electron chi connectivity index (χ0n) is 15.5. The van der Waals surface area contributed by atoms with Crippen LogP contribution in [0.2, 0.25) is 0 Å². The molecule has 0 spiro atoms. The van der Waals surface area contributed by atoms with Crippen LogP contribution in [0.4, 0.5) is 0 Å². The molecule has 0 saturated carbocycles. The van der Waals surface area contributed by atoms with Gasteiger partial charge in [0.25, 0.3) is 5.91 Å². The Labute approximate surface area is 167 Å². The molecule has 2 heterocycles. The van der Waals surface area contributed by atoms with E-state index in [1.54, 1.807) is 17.5 Å². The highest BCUT2D eigenvalue weighted by Gasteiger charge is 2.15. The van der Waals surface area contributed by atoms with E-state index in [-0.39, 0.29) is 5.91 Å². The first-order valence-corrected chi connectivity index (χ1v) is 9.97. The largest absolute Gasteiger partial charge is 0.352 e. The molecule has 1 amide bonds. The number of rotatable bonds is 6. The van der Waals surface area contributed by atoms with Crippen molar-refractivity contribution >= 4 is 17.2 Å². The fourth-order valence-electron chi connectivity index (χ4n) is 2.93. The smallest absolute Gasteiger partial charge is 0.255 e. The Morgan fingerprint density at radius 2 is 1.86 bits per heavy atom. The standard InChI is InChI=1S/C22H20N4OS/c1-15-7-9-17(10-8-15)22-25-18(14-28-22)11-12-23-21(27)19-13-24-26-20(19)16-5-3-2-4-6-16/h2-10,13-14H,11-12H2,1H3,(H,23,27)(H,24,26). The summed E-state index contributed by atoms with van der Waals surface area (Å²) in [7, 11) is 0. The number of H-pyrrole nitrogens is 1. The molecule has 0 aliphatic heterocycles. The number of thiazole rings is 1. The van der Waals surface area contributed by atoms with Crippen molar-refractivity contribution in [2.45, 2.75) is 13.3 Å². The minimum absolute atomic E-state index is 0.137. The van der Waals surface area contributed by atoms with Gasteiger partial charge in [0.05, 0.1) is 23.1 Å². The summed E-state index contributed by atoms with van der Waals surface area (Å²) in [5.41, 5.74) is 5.55. The molecule has 5 nitrogen and oxygen atoms in total. The molecule has 2 N–H and O–H groups in total. The summed E-state index contributed by atoms with van der Waals surface area (Å²) in [6, 6.07) is 18.1. The Morgan fingerprint density at radius 1 is 1.07 bits per heavy atom. The number of aromatic nitrogens is 3. The number of aryl methyl sites for hydroxylation is 1. The molecule has 4 rings (SSSR count). The highest BCUT2D eigenvalue weighted by molar-refractivity contribution is 7.13. The lowest BCUT2D eigenvalue weighted by atomic mass is 10.1. The van der Waals surface area contributed by atoms with Crippen molar-refractivity contribution in [1.82, 2.24) is 20.5 Å². The molecule has 0 aliphatic rings. The minimum Gasteiger partial charge on any atom is -0.352 e. The average molecular weight is 388 g/mol. The topological polar surface area (TPSA) is 70.7 Å². The molecule has 0 unspecified atom stereocenters. The van der Waals surface area contributed by atoms with Crippen LogP contribution in [0.1, 0.15) is 21.6 Å². The van der Waals surface area contributed by atoms with E-state index in [0.29, 0.717) is 18.5 Å². The molecule has 0 fully saturated rings. The van der Waals surface area contributed by atoms with Crippen molar-refractivity contribution in [2.75, 3.05) is 6.54 Å². The van der Waals surface area contributed by atoms with E-state index < -0.39 is 0 Å². The fraction of sp³-hybridized carbons (Fsp3) is 0.136. The lowest BCUT2D eigenvalue weighted by Gasteiger charge is -2.05. The molecule has 0 radical (unpaired) electrons. The van der Waals surface area contributed by atoms with E-state index in [1.807, 2.05) is 30.3 Å². The predicted octanol–water partition coefficient (Wildman–Crippen LogP) is 4.48. The molecule has 4 aromatic rings. The maximum Gasteiger partial charge on any atom is 0.255 e. The van der Waals surface area contributed by atoms with Crippen molar-refractivity contribution in [2.24, 2.45) is 0 Å². The highest BCUT2D eigenvalue weighted by Crippen LogP contribution is 2.24. The van der Waals surface area contributed by atoms with Crippen LogP contribution in [0, 0.1) is 6.92 Å². The Hall–Kier alpha value is -3.25. The summed E-state index contributed by atoms with van der Waals surface area (Å²) >= 11 is 1.63. The van der Waals surface area contributed by atoms with Crippen molar-refractivity contribution in [1.29, 1.82) is 0 Å². The molecule has 28 heavy (non-hydrogen) atoms. The number of aromatic amines is 1. The first-order valence-electron chi connectivity index (χ1n) is 9.09. The molecule has 2 aromatic heterocycles. The molecule has 140 valence electrons. The van der Waals surface area contributed by atoms with Crippen LogP contribution in [0.5, 0.6) is 0 Å². The summed E-state index contributed by atoms with van der Waals surface area (Å²) in [4.78, 5) is 17.2. The maximum atomic E-state index is 12.6. The summed E-state index contributed by atoms with van der Waals surface area (Å²) < 4.78 is 0. The van der Waals surface area contributed by atoms with Gasteiger partial charge in [-0.2, -0.15) is 5.10 Å². The van der Waals surface area contributed by atoms with Gasteiger partial charge in [0.1, 0.15) is 5.01 Å². The van der Waals surface area contributed by atoms with Crippen molar-refractivity contribution in [3.63, 3.8) is 0 Å². The van der Waals surface area contributed by atoms with Crippen LogP contribution < -0.4 is 5.32 Å². The van der Waals surface area contributed by atoms with Crippen molar-refractivity contribution in [3.8, 4) is 21.8 Å². The number of carbonyl (C=O) groups excluding carboxylic acids is 1. The third-order valence-electron chi connectivity index (χ3n) is 4.46. The molecule has 2 aromatic carbocycles. The zero-order valence-corrected chi connectivity index (χ0v) is 16.3. The molecular weight excluding hydrogens is 368 g/mol. The number of hydrogen-bond donors (Lipinski definition) is 2. The fourth-order valence-corrected chi connectivity index (χ4v) is 3.79. The summed E-state index contributed by atoms with van der Waals surface area (Å²) in [5.74, 6) is -0.137. The number of benzene rings is 2. The summed E-state index contributed by atoms with van der Waals surface area (Å²) in [6.45, 7) is 2.60. The number of nitrogens with one attached hydrogen (secondary N) is 2. The predicted molar refractivity (Wildman–Crippen MR) is 112 cm³/mol. The lowest BCUT2D eigenvalue weighted by molar-refractivity contribution is 0.0955. The van der Waals surface area contributed by atoms with Gasteiger partial charge in [-0.1, -0.05) is 60.2 Å². The summed E-state index contributed by atoms with van der Waals surface area (Å²) in [5, 5.41) is 13.0. The van der Waals surface area contributed by atoms with Gasteiger partial charge < -0.3 is 5.32 Å². The SMILES string of the molecule is Cc1ccc(-c2nc(CCNC(=O)c3cn[nH]c3-c3ccccc3)cs2)cc1. The first kappa shape index (κ1) is 18.1. The van der Waals surface area contributed by atoms with Crippen LogP contribution in [-0.4, -0.2) is 27.6 Å². The van der Waals surface area contributed by atoms with Gasteiger partial charge in [-0.3, -0.25) is 9.89 Å². The lowest BCUT2D eigenvalue weighted by Crippen LogP contribution is -2.25. The van der Waals surface area contributed by atoms with E-state index in [4.69, 9.17) is 0 Å². The Morgan fingerprint density at radius 3 is 2.64 bits per heavy atom. The van der Waals surface area contributed by atoms with E-state index in [1.165, 1.54) is 5.56 Å². The number of carbonyl (C=O) groups is 1. The van der Waals surface area contributed by atoms with Crippen molar-refractivity contribution < 1.29 is 4.79 Å². The van der Waals surface area contributed by atoms with E-state index in [9.17, 15) is 4.79 Å². The molecule has 0 aliphatic carbocycles. The van der Waals surface area contributed by atoms with Crippen LogP contribution in [0.25, 0.3) is 21.8 Å². The van der Waals surface area contributed by atoms with Gasteiger partial charge in [0, 0.05) is 29.5 Å². The van der Waals surface area contributed by atoms with Crippen LogP contribution in [0.15, 0.2) is 66.2 Å². The van der Waals surface area contributed by atoms with Crippen LogP contribution >= 0.6 is 11.3 Å². The average Bonchev–Trinajstić information content (AvgIpc) is 3.39. The third-order valence-corrected chi connectivity index (χ3v) is 5.40. The van der Waals surface area contributed by atoms with E-state index in [2.05, 4.69) is 57.1 Å². The second kappa shape index (κ2) is 8.19. The summed E-state index contributed by atoms with van der Waals surface area (Å²) in [6.07, 6.45) is 2.25. The van der Waals surface area contributed by atoms with Gasteiger partial charge >= 0.3 is 0 Å². The normalized spacial score (nSPS) is 10.8. The molecule has 6 heteroatoms. The van der Waals surface area contributed by atoms with Gasteiger partial charge in [-0.25, -0.2) is 4.98 Å². The molecule has 0 saturated heterocycles. The van der Waals surface area contributed by atoms with Crippen LogP contribution in [0.3, 0.4) is 0 Å². The monoisotopic (exact) mass is 388 g/mol. The van der Waals surface area contributed by atoms with Gasteiger partial charge in [0.15, 0.2) is 0 Å². The quantitative estimate of drug-likeness (QED) is 0.512. The number of amides is 1. The number of hydrogen-bond acceptors (Lipinski definition) is 4. The zero-order chi connectivity index (χ0) is 19.3. The van der Waals surface area contributed by atoms with E-state index in [0.717, 1.165) is 27.5 Å². The molecule has 0 atom stereocenters. The van der Waals surface area contributed by atoms with Gasteiger partial charge in [-0.05, 0) is 6.92 Å². The van der Waals surface area contributed by atoms with E-state index >= 15 is 0 Å².